The molecule has 0 radical (unpaired) electrons. The summed E-state index contributed by atoms with van der Waals surface area (Å²) in [6.07, 6.45) is 1.71. The van der Waals surface area contributed by atoms with E-state index >= 15 is 0 Å². The van der Waals surface area contributed by atoms with Crippen molar-refractivity contribution < 1.29 is 17.9 Å². The highest BCUT2D eigenvalue weighted by Gasteiger charge is 2.17. The first-order valence-corrected chi connectivity index (χ1v) is 11.2. The fourth-order valence-corrected chi connectivity index (χ4v) is 3.75. The van der Waals surface area contributed by atoms with Crippen LogP contribution in [0.15, 0.2) is 48.5 Å². The van der Waals surface area contributed by atoms with Crippen molar-refractivity contribution in [1.29, 1.82) is 0 Å². The molecule has 0 atom stereocenters. The van der Waals surface area contributed by atoms with E-state index < -0.39 is 10.0 Å². The van der Waals surface area contributed by atoms with Crippen molar-refractivity contribution in [3.8, 4) is 5.75 Å². The van der Waals surface area contributed by atoms with Crippen molar-refractivity contribution in [2.45, 2.75) is 12.8 Å². The highest BCUT2D eigenvalue weighted by Crippen LogP contribution is 2.22. The minimum Gasteiger partial charge on any atom is -0.492 e. The summed E-state index contributed by atoms with van der Waals surface area (Å²) in [6, 6.07) is 13.6. The number of nitrogens with zero attached hydrogens (tertiary/aromatic N) is 1. The summed E-state index contributed by atoms with van der Waals surface area (Å²) in [7, 11) is -3.47. The van der Waals surface area contributed by atoms with Gasteiger partial charge in [-0.3, -0.25) is 9.10 Å². The van der Waals surface area contributed by atoms with Crippen LogP contribution in [0.3, 0.4) is 0 Å². The third-order valence-corrected chi connectivity index (χ3v) is 5.45. The van der Waals surface area contributed by atoms with Gasteiger partial charge in [-0.05, 0) is 48.9 Å². The van der Waals surface area contributed by atoms with Gasteiger partial charge in [0.1, 0.15) is 12.4 Å². The highest BCUT2D eigenvalue weighted by molar-refractivity contribution is 7.92. The second-order valence-corrected chi connectivity index (χ2v) is 8.85. The van der Waals surface area contributed by atoms with Crippen molar-refractivity contribution in [2.75, 3.05) is 30.3 Å². The molecule has 0 saturated heterocycles. The van der Waals surface area contributed by atoms with Crippen LogP contribution in [-0.2, 0) is 14.8 Å². The number of carbonyl (C=O) groups excluding carboxylic acids is 1. The Hall–Kier alpha value is -1.96. The van der Waals surface area contributed by atoms with Crippen molar-refractivity contribution >= 4 is 44.8 Å². The third-order valence-electron chi connectivity index (χ3n) is 3.77. The van der Waals surface area contributed by atoms with Gasteiger partial charge < -0.3 is 10.1 Å². The largest absolute Gasteiger partial charge is 0.492 e. The normalized spacial score (nSPS) is 11.1. The summed E-state index contributed by atoms with van der Waals surface area (Å²) in [5, 5.41) is 3.82. The second-order valence-electron chi connectivity index (χ2n) is 6.07. The minimum atomic E-state index is -3.47. The summed E-state index contributed by atoms with van der Waals surface area (Å²) in [4.78, 5) is 11.9. The molecule has 0 bridgehead atoms. The lowest BCUT2D eigenvalue weighted by Gasteiger charge is -2.22. The molecule has 2 aromatic rings. The Kier molecular flexibility index (Phi) is 8.41. The molecule has 0 spiro atoms. The predicted octanol–water partition coefficient (Wildman–Crippen LogP) is 3.73. The lowest BCUT2D eigenvalue weighted by molar-refractivity contribution is -0.121. The molecule has 152 valence electrons. The number of sulfonamides is 1. The van der Waals surface area contributed by atoms with Crippen LogP contribution in [0, 0.1) is 0 Å². The van der Waals surface area contributed by atoms with Crippen LogP contribution in [0.4, 0.5) is 5.69 Å². The minimum absolute atomic E-state index is 0.167. The average Bonchev–Trinajstić information content (AvgIpc) is 2.63. The van der Waals surface area contributed by atoms with Gasteiger partial charge in [-0.15, -0.1) is 0 Å². The first-order chi connectivity index (χ1) is 13.3. The number of hydrogen-bond donors (Lipinski definition) is 1. The molecular formula is C19H22Cl2N2O4S. The van der Waals surface area contributed by atoms with Gasteiger partial charge in [-0.25, -0.2) is 8.42 Å². The number of anilines is 1. The number of halogens is 2. The first kappa shape index (κ1) is 22.3. The number of benzene rings is 2. The zero-order valence-electron chi connectivity index (χ0n) is 15.4. The van der Waals surface area contributed by atoms with Gasteiger partial charge in [0.2, 0.25) is 15.9 Å². The predicted molar refractivity (Wildman–Crippen MR) is 113 cm³/mol. The van der Waals surface area contributed by atoms with Crippen molar-refractivity contribution in [2.24, 2.45) is 0 Å². The molecule has 28 heavy (non-hydrogen) atoms. The monoisotopic (exact) mass is 444 g/mol. The molecule has 9 heteroatoms. The van der Waals surface area contributed by atoms with Gasteiger partial charge in [0.15, 0.2) is 0 Å². The van der Waals surface area contributed by atoms with E-state index in [0.717, 1.165) is 6.26 Å². The Bertz CT molecular complexity index is 889. The smallest absolute Gasteiger partial charge is 0.232 e. The Morgan fingerprint density at radius 2 is 1.82 bits per heavy atom. The molecule has 0 saturated carbocycles. The van der Waals surface area contributed by atoms with Gasteiger partial charge in [-0.1, -0.05) is 29.3 Å². The molecule has 0 aromatic heterocycles. The van der Waals surface area contributed by atoms with E-state index in [1.807, 2.05) is 0 Å². The summed E-state index contributed by atoms with van der Waals surface area (Å²) in [5.41, 5.74) is 0.478. The Labute approximate surface area is 175 Å². The van der Waals surface area contributed by atoms with E-state index in [-0.39, 0.29) is 18.9 Å². The number of amides is 1. The van der Waals surface area contributed by atoms with E-state index in [1.165, 1.54) is 4.31 Å². The van der Waals surface area contributed by atoms with Crippen LogP contribution in [0.25, 0.3) is 0 Å². The van der Waals surface area contributed by atoms with Crippen LogP contribution >= 0.6 is 23.2 Å². The fourth-order valence-electron chi connectivity index (χ4n) is 2.48. The summed E-state index contributed by atoms with van der Waals surface area (Å²) < 4.78 is 30.8. The maximum Gasteiger partial charge on any atom is 0.232 e. The zero-order chi connectivity index (χ0) is 20.6. The molecule has 0 unspecified atom stereocenters. The number of nitrogens with one attached hydrogen (secondary N) is 1. The van der Waals surface area contributed by atoms with Gasteiger partial charge in [-0.2, -0.15) is 0 Å². The molecule has 1 N–H and O–H groups in total. The molecule has 2 rings (SSSR count). The first-order valence-electron chi connectivity index (χ1n) is 8.64. The lowest BCUT2D eigenvalue weighted by atomic mass is 10.2. The molecule has 6 nitrogen and oxygen atoms in total. The average molecular weight is 445 g/mol. The summed E-state index contributed by atoms with van der Waals surface area (Å²) in [5.74, 6) is 0.503. The SMILES string of the molecule is CS(=O)(=O)N(CCCC(=O)NCCOc1ccc(Cl)cc1)c1cccc(Cl)c1. The molecule has 0 aliphatic heterocycles. The maximum atomic E-state index is 12.0. The summed E-state index contributed by atoms with van der Waals surface area (Å²) >= 11 is 11.7. The zero-order valence-corrected chi connectivity index (χ0v) is 17.7. The van der Waals surface area contributed by atoms with Crippen LogP contribution < -0.4 is 14.4 Å². The molecule has 1 amide bonds. The van der Waals surface area contributed by atoms with Crippen molar-refractivity contribution in [3.05, 3.63) is 58.6 Å². The molecule has 0 aliphatic carbocycles. The quantitative estimate of drug-likeness (QED) is 0.566. The molecule has 2 aromatic carbocycles. The van der Waals surface area contributed by atoms with E-state index in [2.05, 4.69) is 5.32 Å². The van der Waals surface area contributed by atoms with E-state index in [4.69, 9.17) is 27.9 Å². The lowest BCUT2D eigenvalue weighted by Crippen LogP contribution is -2.32. The van der Waals surface area contributed by atoms with Crippen LogP contribution in [0.2, 0.25) is 10.0 Å². The molecule has 0 heterocycles. The van der Waals surface area contributed by atoms with Gasteiger partial charge in [0.05, 0.1) is 18.5 Å². The van der Waals surface area contributed by atoms with Gasteiger partial charge in [0, 0.05) is 23.0 Å². The Balaban J connectivity index is 1.74. The van der Waals surface area contributed by atoms with E-state index in [9.17, 15) is 13.2 Å². The Morgan fingerprint density at radius 3 is 2.46 bits per heavy atom. The standard InChI is InChI=1S/C19H22Cl2N2O4S/c1-28(25,26)23(17-5-2-4-16(21)14-17)12-3-6-19(24)22-11-13-27-18-9-7-15(20)8-10-18/h2,4-5,7-10,14H,3,6,11-13H2,1H3,(H,22,24). The van der Waals surface area contributed by atoms with E-state index in [1.54, 1.807) is 48.5 Å². The van der Waals surface area contributed by atoms with Crippen molar-refractivity contribution in [3.63, 3.8) is 0 Å². The van der Waals surface area contributed by atoms with E-state index in [0.29, 0.717) is 41.1 Å². The third kappa shape index (κ3) is 7.58. The molecule has 0 fully saturated rings. The topological polar surface area (TPSA) is 75.7 Å². The van der Waals surface area contributed by atoms with Gasteiger partial charge >= 0.3 is 0 Å². The summed E-state index contributed by atoms with van der Waals surface area (Å²) in [6.45, 7) is 0.866. The molecule has 0 aliphatic rings. The maximum absolute atomic E-state index is 12.0. The fraction of sp³-hybridized carbons (Fsp3) is 0.316. The van der Waals surface area contributed by atoms with Crippen molar-refractivity contribution in [1.82, 2.24) is 5.32 Å². The van der Waals surface area contributed by atoms with Crippen LogP contribution in [-0.4, -0.2) is 40.3 Å². The Morgan fingerprint density at radius 1 is 1.11 bits per heavy atom. The number of ether oxygens (including phenoxy) is 1. The number of hydrogen-bond acceptors (Lipinski definition) is 4. The highest BCUT2D eigenvalue weighted by atomic mass is 35.5. The van der Waals surface area contributed by atoms with Gasteiger partial charge in [0.25, 0.3) is 0 Å². The van der Waals surface area contributed by atoms with Crippen LogP contribution in [0.5, 0.6) is 5.75 Å². The number of rotatable bonds is 10. The van der Waals surface area contributed by atoms with Crippen LogP contribution in [0.1, 0.15) is 12.8 Å². The number of carbonyl (C=O) groups is 1. The molecular weight excluding hydrogens is 423 g/mol. The second kappa shape index (κ2) is 10.5.